The minimum Gasteiger partial charge on any atom is -0.406 e. The number of ether oxygens (including phenoxy) is 2. The summed E-state index contributed by atoms with van der Waals surface area (Å²) < 4.78 is 46.2. The number of alkyl halides is 3. The maximum Gasteiger partial charge on any atom is 0.573 e. The Morgan fingerprint density at radius 1 is 1.24 bits per heavy atom. The van der Waals surface area contributed by atoms with Crippen molar-refractivity contribution in [2.75, 3.05) is 44.7 Å². The number of aliphatic imine (C=N–C) groups is 1. The molecule has 4 N–H and O–H groups in total. The number of thioether (sulfide) groups is 1. The highest BCUT2D eigenvalue weighted by Gasteiger charge is 2.50. The first-order valence-corrected chi connectivity index (χ1v) is 11.9. The fourth-order valence-electron chi connectivity index (χ4n) is 4.26. The van der Waals surface area contributed by atoms with Crippen molar-refractivity contribution >= 4 is 28.5 Å². The zero-order chi connectivity index (χ0) is 24.3. The van der Waals surface area contributed by atoms with Crippen molar-refractivity contribution in [2.24, 2.45) is 10.9 Å². The number of morpholine rings is 1. The molecule has 1 aliphatic carbocycles. The zero-order valence-corrected chi connectivity index (χ0v) is 19.0. The highest BCUT2D eigenvalue weighted by molar-refractivity contribution is 8.15. The Kier molecular flexibility index (Phi) is 7.87. The number of nitrogens with zero attached hydrogens (tertiary/aromatic N) is 2. The van der Waals surface area contributed by atoms with Crippen LogP contribution in [0.4, 0.5) is 18.9 Å². The van der Waals surface area contributed by atoms with Gasteiger partial charge in [0.15, 0.2) is 5.17 Å². The second kappa shape index (κ2) is 10.7. The molecule has 1 aromatic rings. The second-order valence-corrected chi connectivity index (χ2v) is 9.52. The Morgan fingerprint density at radius 3 is 2.62 bits per heavy atom. The number of aliphatic hydroxyl groups excluding tert-OH is 2. The molecule has 4 rings (SSSR count). The van der Waals surface area contributed by atoms with Crippen LogP contribution in [0.15, 0.2) is 29.3 Å². The van der Waals surface area contributed by atoms with Crippen LogP contribution in [-0.4, -0.2) is 95.4 Å². The number of carbonyl (C=O) groups is 1. The summed E-state index contributed by atoms with van der Waals surface area (Å²) in [6, 6.07) is 4.48. The van der Waals surface area contributed by atoms with Gasteiger partial charge in [-0.15, -0.1) is 13.2 Å². The Labute approximate surface area is 198 Å². The standard InChI is InChI=1S/C21H27F3N4O5S/c22-21(23,24)33-13-3-1-12(2-4-13)26-20-27-16-17(30)15(29)11-14(18(16)34-20)19(31)25-5-6-28-7-9-32-10-8-28/h1-4,14-18,29-30H,5-11H2,(H,25,31)(H,26,27)/t14-,15+,16+,17-,18+/m0/s1. The molecule has 1 aromatic carbocycles. The van der Waals surface area contributed by atoms with E-state index in [1.165, 1.54) is 36.0 Å². The zero-order valence-electron chi connectivity index (χ0n) is 18.2. The van der Waals surface area contributed by atoms with Gasteiger partial charge >= 0.3 is 6.36 Å². The van der Waals surface area contributed by atoms with Crippen molar-refractivity contribution in [3.63, 3.8) is 0 Å². The molecule has 1 saturated carbocycles. The average molecular weight is 505 g/mol. The van der Waals surface area contributed by atoms with E-state index in [-0.39, 0.29) is 23.3 Å². The lowest BCUT2D eigenvalue weighted by molar-refractivity contribution is -0.274. The topological polar surface area (TPSA) is 116 Å². The fraction of sp³-hybridized carbons (Fsp3) is 0.619. The third-order valence-electron chi connectivity index (χ3n) is 5.99. The van der Waals surface area contributed by atoms with Crippen molar-refractivity contribution in [1.29, 1.82) is 0 Å². The van der Waals surface area contributed by atoms with Gasteiger partial charge in [0, 0.05) is 37.1 Å². The Hall–Kier alpha value is -2.06. The predicted molar refractivity (Wildman–Crippen MR) is 120 cm³/mol. The maximum atomic E-state index is 12.9. The fourth-order valence-corrected chi connectivity index (χ4v) is 5.64. The van der Waals surface area contributed by atoms with E-state index in [0.29, 0.717) is 37.2 Å². The summed E-state index contributed by atoms with van der Waals surface area (Å²) in [4.78, 5) is 19.6. The number of rotatable bonds is 6. The van der Waals surface area contributed by atoms with Crippen molar-refractivity contribution in [3.8, 4) is 5.75 Å². The molecule has 2 heterocycles. The largest absolute Gasteiger partial charge is 0.573 e. The van der Waals surface area contributed by atoms with Crippen molar-refractivity contribution in [1.82, 2.24) is 10.2 Å². The molecule has 0 aromatic heterocycles. The Morgan fingerprint density at radius 2 is 1.94 bits per heavy atom. The molecule has 188 valence electrons. The van der Waals surface area contributed by atoms with Gasteiger partial charge in [0.25, 0.3) is 0 Å². The highest BCUT2D eigenvalue weighted by Crippen LogP contribution is 2.41. The van der Waals surface area contributed by atoms with E-state index in [1.807, 2.05) is 0 Å². The van der Waals surface area contributed by atoms with E-state index < -0.39 is 30.5 Å². The number of fused-ring (bicyclic) bond motifs is 1. The maximum absolute atomic E-state index is 12.9. The molecule has 34 heavy (non-hydrogen) atoms. The molecule has 0 bridgehead atoms. The van der Waals surface area contributed by atoms with Crippen molar-refractivity contribution in [2.45, 2.75) is 36.3 Å². The van der Waals surface area contributed by atoms with Gasteiger partial charge in [0.2, 0.25) is 5.91 Å². The molecule has 1 saturated heterocycles. The minimum absolute atomic E-state index is 0.116. The van der Waals surface area contributed by atoms with Gasteiger partial charge in [0.05, 0.1) is 31.3 Å². The van der Waals surface area contributed by atoms with Crippen LogP contribution < -0.4 is 15.4 Å². The monoisotopic (exact) mass is 504 g/mol. The first-order chi connectivity index (χ1) is 16.2. The smallest absolute Gasteiger partial charge is 0.406 e. The summed E-state index contributed by atoms with van der Waals surface area (Å²) in [5.41, 5.74) is 0.473. The SMILES string of the molecule is O=C(NCCN1CCOCC1)[C@H]1C[C@@H](O)[C@H](O)[C@H]2N=C(Nc3ccc(OC(F)(F)F)cc3)S[C@@H]21. The quantitative estimate of drug-likeness (QED) is 0.454. The first-order valence-electron chi connectivity index (χ1n) is 11.0. The molecule has 13 heteroatoms. The van der Waals surface area contributed by atoms with Gasteiger partial charge in [-0.3, -0.25) is 14.7 Å². The molecule has 1 amide bonds. The van der Waals surface area contributed by atoms with Gasteiger partial charge in [-0.25, -0.2) is 0 Å². The molecule has 2 fully saturated rings. The van der Waals surface area contributed by atoms with Gasteiger partial charge in [-0.1, -0.05) is 11.8 Å². The molecule has 2 aliphatic heterocycles. The van der Waals surface area contributed by atoms with Crippen LogP contribution in [0.5, 0.6) is 5.75 Å². The van der Waals surface area contributed by atoms with E-state index in [2.05, 4.69) is 25.3 Å². The van der Waals surface area contributed by atoms with Crippen LogP contribution in [0, 0.1) is 5.92 Å². The average Bonchev–Trinajstić information content (AvgIpc) is 3.21. The van der Waals surface area contributed by atoms with E-state index in [4.69, 9.17) is 4.74 Å². The summed E-state index contributed by atoms with van der Waals surface area (Å²) in [5, 5.41) is 26.7. The number of aliphatic hydroxyl groups is 2. The number of hydrogen-bond donors (Lipinski definition) is 4. The lowest BCUT2D eigenvalue weighted by atomic mass is 9.81. The second-order valence-electron chi connectivity index (χ2n) is 8.35. The van der Waals surface area contributed by atoms with E-state index in [0.717, 1.165) is 13.1 Å². The molecule has 3 aliphatic rings. The third kappa shape index (κ3) is 6.33. The molecule has 9 nitrogen and oxygen atoms in total. The minimum atomic E-state index is -4.77. The molecule has 0 spiro atoms. The highest BCUT2D eigenvalue weighted by atomic mass is 32.2. The number of benzene rings is 1. The third-order valence-corrected chi connectivity index (χ3v) is 7.30. The van der Waals surface area contributed by atoms with Gasteiger partial charge in [0.1, 0.15) is 11.9 Å². The normalized spacial score (nSPS) is 29.8. The first kappa shape index (κ1) is 25.0. The Bertz CT molecular complexity index is 882. The number of amides is 1. The molecule has 0 radical (unpaired) electrons. The summed E-state index contributed by atoms with van der Waals surface area (Å²) >= 11 is 1.28. The van der Waals surface area contributed by atoms with E-state index in [1.54, 1.807) is 0 Å². The van der Waals surface area contributed by atoms with Gasteiger partial charge < -0.3 is 30.3 Å². The van der Waals surface area contributed by atoms with E-state index >= 15 is 0 Å². The van der Waals surface area contributed by atoms with Crippen LogP contribution in [0.2, 0.25) is 0 Å². The molecule has 5 atom stereocenters. The van der Waals surface area contributed by atoms with Crippen LogP contribution >= 0.6 is 11.8 Å². The van der Waals surface area contributed by atoms with Crippen molar-refractivity contribution < 1.29 is 37.7 Å². The molecular formula is C21H27F3N4O5S. The van der Waals surface area contributed by atoms with E-state index in [9.17, 15) is 28.2 Å². The summed E-state index contributed by atoms with van der Waals surface area (Å²) in [5.74, 6) is -1.10. The van der Waals surface area contributed by atoms with Crippen molar-refractivity contribution in [3.05, 3.63) is 24.3 Å². The Balaban J connectivity index is 1.34. The summed E-state index contributed by atoms with van der Waals surface area (Å²) in [6.07, 6.45) is -6.86. The van der Waals surface area contributed by atoms with Crippen LogP contribution in [0.3, 0.4) is 0 Å². The number of amidine groups is 1. The number of hydrogen-bond acceptors (Lipinski definition) is 9. The summed E-state index contributed by atoms with van der Waals surface area (Å²) in [6.45, 7) is 4.15. The van der Waals surface area contributed by atoms with Gasteiger partial charge in [-0.05, 0) is 30.7 Å². The molecule has 0 unspecified atom stereocenters. The number of halogens is 3. The lowest BCUT2D eigenvalue weighted by Crippen LogP contribution is -2.54. The van der Waals surface area contributed by atoms with Crippen LogP contribution in [-0.2, 0) is 9.53 Å². The number of nitrogens with one attached hydrogen (secondary N) is 2. The molecular weight excluding hydrogens is 477 g/mol. The van der Waals surface area contributed by atoms with Crippen LogP contribution in [0.1, 0.15) is 6.42 Å². The number of carbonyl (C=O) groups excluding carboxylic acids is 1. The van der Waals surface area contributed by atoms with Gasteiger partial charge in [-0.2, -0.15) is 0 Å². The summed E-state index contributed by atoms with van der Waals surface area (Å²) in [7, 11) is 0. The number of anilines is 1. The lowest BCUT2D eigenvalue weighted by Gasteiger charge is -2.37. The predicted octanol–water partition coefficient (Wildman–Crippen LogP) is 1.03. The van der Waals surface area contributed by atoms with Crippen LogP contribution in [0.25, 0.3) is 0 Å².